The van der Waals surface area contributed by atoms with Gasteiger partial charge in [0.25, 0.3) is 0 Å². The predicted molar refractivity (Wildman–Crippen MR) is 131 cm³/mol. The highest BCUT2D eigenvalue weighted by Gasteiger charge is 2.08. The molecule has 0 atom stereocenters. The van der Waals surface area contributed by atoms with E-state index in [1.165, 1.54) is 22.0 Å². The molecule has 0 unspecified atom stereocenters. The molecule has 28 heavy (non-hydrogen) atoms. The van der Waals surface area contributed by atoms with E-state index in [1.807, 2.05) is 19.0 Å². The van der Waals surface area contributed by atoms with E-state index in [-0.39, 0.29) is 24.0 Å². The summed E-state index contributed by atoms with van der Waals surface area (Å²) < 4.78 is 0. The van der Waals surface area contributed by atoms with E-state index in [4.69, 9.17) is 0 Å². The van der Waals surface area contributed by atoms with Crippen LogP contribution in [0.1, 0.15) is 23.7 Å². The van der Waals surface area contributed by atoms with Crippen LogP contribution in [0.15, 0.2) is 34.8 Å². The number of anilines is 1. The predicted octanol–water partition coefficient (Wildman–Crippen LogP) is 3.78. The number of hydrogen-bond acceptors (Lipinski definition) is 4. The first-order valence-corrected chi connectivity index (χ1v) is 10.1. The SMILES string of the molecule is CCc1cccc2c(CCNC(=NC)NCc3csc(N(C)C)n3)c[nH]c12.I. The molecule has 0 saturated heterocycles. The van der Waals surface area contributed by atoms with Gasteiger partial charge in [0, 0.05) is 50.2 Å². The van der Waals surface area contributed by atoms with E-state index in [1.54, 1.807) is 18.4 Å². The van der Waals surface area contributed by atoms with Crippen LogP contribution in [-0.4, -0.2) is 43.6 Å². The zero-order valence-electron chi connectivity index (χ0n) is 16.9. The molecule has 2 heterocycles. The number of benzene rings is 1. The van der Waals surface area contributed by atoms with Crippen molar-refractivity contribution < 1.29 is 0 Å². The molecule has 6 nitrogen and oxygen atoms in total. The van der Waals surface area contributed by atoms with E-state index >= 15 is 0 Å². The number of hydrogen-bond donors (Lipinski definition) is 3. The van der Waals surface area contributed by atoms with Gasteiger partial charge in [0.1, 0.15) is 0 Å². The maximum Gasteiger partial charge on any atom is 0.191 e. The van der Waals surface area contributed by atoms with Crippen LogP contribution in [0, 0.1) is 0 Å². The lowest BCUT2D eigenvalue weighted by Crippen LogP contribution is -2.37. The van der Waals surface area contributed by atoms with Crippen molar-refractivity contribution in [2.45, 2.75) is 26.3 Å². The van der Waals surface area contributed by atoms with Crippen molar-refractivity contribution in [2.24, 2.45) is 4.99 Å². The second-order valence-electron chi connectivity index (χ2n) is 6.63. The minimum atomic E-state index is 0. The van der Waals surface area contributed by atoms with Crippen molar-refractivity contribution in [2.75, 3.05) is 32.6 Å². The largest absolute Gasteiger partial charge is 0.361 e. The number of aryl methyl sites for hydroxylation is 1. The van der Waals surface area contributed by atoms with Crippen molar-refractivity contribution in [1.29, 1.82) is 0 Å². The van der Waals surface area contributed by atoms with E-state index in [0.29, 0.717) is 6.54 Å². The number of aliphatic imine (C=N–C) groups is 1. The number of thiazole rings is 1. The molecule has 1 aromatic carbocycles. The van der Waals surface area contributed by atoms with Gasteiger partial charge in [-0.1, -0.05) is 25.1 Å². The molecule has 8 heteroatoms. The highest BCUT2D eigenvalue weighted by atomic mass is 127. The monoisotopic (exact) mass is 512 g/mol. The summed E-state index contributed by atoms with van der Waals surface area (Å²) in [6, 6.07) is 6.52. The maximum absolute atomic E-state index is 4.58. The van der Waals surface area contributed by atoms with Gasteiger partial charge in [-0.25, -0.2) is 4.98 Å². The zero-order chi connectivity index (χ0) is 19.2. The molecule has 2 aromatic heterocycles. The summed E-state index contributed by atoms with van der Waals surface area (Å²) in [6.07, 6.45) is 4.10. The van der Waals surface area contributed by atoms with Crippen molar-refractivity contribution in [3.05, 3.63) is 46.6 Å². The van der Waals surface area contributed by atoms with Crippen molar-refractivity contribution >= 4 is 57.3 Å². The highest BCUT2D eigenvalue weighted by molar-refractivity contribution is 14.0. The average molecular weight is 512 g/mol. The second kappa shape index (κ2) is 10.7. The summed E-state index contributed by atoms with van der Waals surface area (Å²) in [5.74, 6) is 0.795. The third kappa shape index (κ3) is 5.38. The Hall–Kier alpha value is -1.81. The smallest absolute Gasteiger partial charge is 0.191 e. The van der Waals surface area contributed by atoms with Gasteiger partial charge in [0.15, 0.2) is 11.1 Å². The normalized spacial score (nSPS) is 11.4. The molecule has 0 fully saturated rings. The number of para-hydroxylation sites is 1. The van der Waals surface area contributed by atoms with E-state index in [9.17, 15) is 0 Å². The summed E-state index contributed by atoms with van der Waals surface area (Å²) in [4.78, 5) is 14.3. The first kappa shape index (κ1) is 22.5. The lowest BCUT2D eigenvalue weighted by Gasteiger charge is -2.11. The van der Waals surface area contributed by atoms with Gasteiger partial charge in [-0.3, -0.25) is 4.99 Å². The Morgan fingerprint density at radius 2 is 2.07 bits per heavy atom. The van der Waals surface area contributed by atoms with Gasteiger partial charge in [0.05, 0.1) is 12.2 Å². The molecule has 3 aromatic rings. The first-order chi connectivity index (χ1) is 13.1. The van der Waals surface area contributed by atoms with Crippen LogP contribution < -0.4 is 15.5 Å². The number of halogens is 1. The number of guanidine groups is 1. The lowest BCUT2D eigenvalue weighted by molar-refractivity contribution is 0.787. The molecule has 0 spiro atoms. The molecule has 3 rings (SSSR count). The minimum absolute atomic E-state index is 0. The Morgan fingerprint density at radius 3 is 2.75 bits per heavy atom. The van der Waals surface area contributed by atoms with Gasteiger partial charge in [0.2, 0.25) is 0 Å². The van der Waals surface area contributed by atoms with E-state index in [0.717, 1.165) is 36.2 Å². The summed E-state index contributed by atoms with van der Waals surface area (Å²) in [6.45, 7) is 3.68. The number of aromatic amines is 1. The van der Waals surface area contributed by atoms with Crippen LogP contribution in [0.25, 0.3) is 10.9 Å². The fourth-order valence-corrected chi connectivity index (χ4v) is 3.83. The number of nitrogens with zero attached hydrogens (tertiary/aromatic N) is 3. The zero-order valence-corrected chi connectivity index (χ0v) is 20.0. The van der Waals surface area contributed by atoms with E-state index in [2.05, 4.69) is 62.3 Å². The third-order valence-electron chi connectivity index (χ3n) is 4.54. The topological polar surface area (TPSA) is 68.3 Å². The van der Waals surface area contributed by atoms with Crippen LogP contribution in [0.3, 0.4) is 0 Å². The molecule has 0 radical (unpaired) electrons. The standard InChI is InChI=1S/C20H28N6S.HI/c1-5-14-7-6-8-17-15(11-23-18(14)17)9-10-22-19(21-2)24-12-16-13-27-20(25-16)26(3)4;/h6-8,11,13,23H,5,9-10,12H2,1-4H3,(H2,21,22,24);1H. The summed E-state index contributed by atoms with van der Waals surface area (Å²) in [5, 5.41) is 11.1. The third-order valence-corrected chi connectivity index (χ3v) is 5.60. The molecule has 0 aliphatic rings. The Balaban J connectivity index is 0.00000280. The molecule has 0 aliphatic carbocycles. The van der Waals surface area contributed by atoms with Gasteiger partial charge in [-0.05, 0) is 24.0 Å². The number of nitrogens with one attached hydrogen (secondary N) is 3. The van der Waals surface area contributed by atoms with Gasteiger partial charge < -0.3 is 20.5 Å². The van der Waals surface area contributed by atoms with Crippen molar-refractivity contribution in [3.8, 4) is 0 Å². The van der Waals surface area contributed by atoms with Crippen molar-refractivity contribution in [1.82, 2.24) is 20.6 Å². The Labute approximate surface area is 187 Å². The maximum atomic E-state index is 4.58. The lowest BCUT2D eigenvalue weighted by atomic mass is 10.1. The molecule has 152 valence electrons. The molecular weight excluding hydrogens is 483 g/mol. The van der Waals surface area contributed by atoms with Crippen LogP contribution in [0.4, 0.5) is 5.13 Å². The molecule has 0 amide bonds. The number of H-pyrrole nitrogens is 1. The number of aromatic nitrogens is 2. The Morgan fingerprint density at radius 1 is 1.25 bits per heavy atom. The minimum Gasteiger partial charge on any atom is -0.361 e. The van der Waals surface area contributed by atoms with Crippen LogP contribution in [-0.2, 0) is 19.4 Å². The quantitative estimate of drug-likeness (QED) is 0.256. The summed E-state index contributed by atoms with van der Waals surface area (Å²) >= 11 is 1.65. The molecule has 0 saturated carbocycles. The van der Waals surface area contributed by atoms with Gasteiger partial charge >= 0.3 is 0 Å². The van der Waals surface area contributed by atoms with Crippen LogP contribution in [0.2, 0.25) is 0 Å². The highest BCUT2D eigenvalue weighted by Crippen LogP contribution is 2.22. The van der Waals surface area contributed by atoms with Crippen molar-refractivity contribution in [3.63, 3.8) is 0 Å². The Bertz CT molecular complexity index is 914. The van der Waals surface area contributed by atoms with Gasteiger partial charge in [-0.2, -0.15) is 0 Å². The average Bonchev–Trinajstić information content (AvgIpc) is 3.31. The molecule has 3 N–H and O–H groups in total. The Kier molecular flexibility index (Phi) is 8.56. The molecular formula is C20H29IN6S. The fourth-order valence-electron chi connectivity index (χ4n) is 3.07. The number of fused-ring (bicyclic) bond motifs is 1. The summed E-state index contributed by atoms with van der Waals surface area (Å²) in [5.41, 5.74) is 4.98. The molecule has 0 bridgehead atoms. The van der Waals surface area contributed by atoms with Gasteiger partial charge in [-0.15, -0.1) is 35.3 Å². The van der Waals surface area contributed by atoms with E-state index < -0.39 is 0 Å². The number of rotatable bonds is 7. The second-order valence-corrected chi connectivity index (χ2v) is 7.46. The molecule has 0 aliphatic heterocycles. The first-order valence-electron chi connectivity index (χ1n) is 9.26. The fraction of sp³-hybridized carbons (Fsp3) is 0.400. The summed E-state index contributed by atoms with van der Waals surface area (Å²) in [7, 11) is 5.80. The van der Waals surface area contributed by atoms with Crippen LogP contribution in [0.5, 0.6) is 0 Å². The van der Waals surface area contributed by atoms with Crippen LogP contribution >= 0.6 is 35.3 Å².